The Labute approximate surface area is 151 Å². The Morgan fingerprint density at radius 1 is 1.48 bits per heavy atom. The molecule has 2 rings (SSSR count). The van der Waals surface area contributed by atoms with Gasteiger partial charge < -0.3 is 10.0 Å². The Morgan fingerprint density at radius 2 is 2.24 bits per heavy atom. The summed E-state index contributed by atoms with van der Waals surface area (Å²) in [5.41, 5.74) is 2.76. The van der Waals surface area contributed by atoms with Crippen molar-refractivity contribution in [3.63, 3.8) is 0 Å². The molecule has 2 unspecified atom stereocenters. The van der Waals surface area contributed by atoms with E-state index in [1.165, 1.54) is 16.7 Å². The third-order valence-electron chi connectivity index (χ3n) is 4.20. The summed E-state index contributed by atoms with van der Waals surface area (Å²) in [5, 5.41) is 19.5. The number of aliphatic hydroxyl groups excluding tert-OH is 1. The average molecular weight is 365 g/mol. The molecule has 0 aromatic carbocycles. The monoisotopic (exact) mass is 365 g/mol. The van der Waals surface area contributed by atoms with Crippen LogP contribution in [0.25, 0.3) is 0 Å². The molecule has 1 aromatic rings. The first-order valence-electron chi connectivity index (χ1n) is 8.15. The Balaban J connectivity index is 2.49. The summed E-state index contributed by atoms with van der Waals surface area (Å²) in [6.07, 6.45) is 5.41. The van der Waals surface area contributed by atoms with Crippen molar-refractivity contribution >= 4 is 23.6 Å². The summed E-state index contributed by atoms with van der Waals surface area (Å²) in [6, 6.07) is 3.81. The van der Waals surface area contributed by atoms with Gasteiger partial charge in [0, 0.05) is 17.5 Å². The van der Waals surface area contributed by atoms with Gasteiger partial charge in [0.1, 0.15) is 12.1 Å². The highest BCUT2D eigenvalue weighted by Crippen LogP contribution is 2.39. The number of hydroxylamine groups is 1. The number of nitrogens with zero attached hydrogens (tertiary/aromatic N) is 2. The smallest absolute Gasteiger partial charge is 0.290 e. The Bertz CT molecular complexity index is 651. The molecule has 0 radical (unpaired) electrons. The number of aliphatic hydroxyl groups is 1. The Morgan fingerprint density at radius 3 is 2.80 bits per heavy atom. The number of thioether (sulfide) groups is 1. The molecule has 0 bridgehead atoms. The largest absolute Gasteiger partial charge is 0.503 e. The van der Waals surface area contributed by atoms with E-state index in [4.69, 9.17) is 5.21 Å². The zero-order chi connectivity index (χ0) is 18.4. The van der Waals surface area contributed by atoms with Gasteiger partial charge >= 0.3 is 0 Å². The third-order valence-corrected chi connectivity index (χ3v) is 4.80. The van der Waals surface area contributed by atoms with E-state index in [1.807, 2.05) is 13.2 Å². The van der Waals surface area contributed by atoms with Gasteiger partial charge in [0.15, 0.2) is 5.76 Å². The van der Waals surface area contributed by atoms with Crippen LogP contribution in [0.5, 0.6) is 0 Å². The minimum Gasteiger partial charge on any atom is -0.503 e. The molecule has 0 aliphatic carbocycles. The summed E-state index contributed by atoms with van der Waals surface area (Å²) in [5.74, 6) is -1.17. The molecule has 7 nitrogen and oxygen atoms in total. The number of pyridine rings is 1. The molecule has 2 heterocycles. The van der Waals surface area contributed by atoms with Crippen LogP contribution in [0.3, 0.4) is 0 Å². The van der Waals surface area contributed by atoms with E-state index < -0.39 is 23.9 Å². The maximum atomic E-state index is 12.7. The molecule has 0 saturated heterocycles. The number of carbonyl (C=O) groups excluding carboxylic acids is 2. The van der Waals surface area contributed by atoms with Crippen LogP contribution in [0.1, 0.15) is 37.9 Å². The molecule has 3 N–H and O–H groups in total. The van der Waals surface area contributed by atoms with Crippen LogP contribution in [0.15, 0.2) is 35.7 Å². The van der Waals surface area contributed by atoms with E-state index in [9.17, 15) is 14.7 Å². The van der Waals surface area contributed by atoms with E-state index in [0.29, 0.717) is 29.9 Å². The van der Waals surface area contributed by atoms with Crippen LogP contribution >= 0.6 is 11.8 Å². The fourth-order valence-electron chi connectivity index (χ4n) is 3.03. The fraction of sp³-hybridized carbons (Fsp3) is 0.471. The number of carbonyl (C=O) groups is 2. The van der Waals surface area contributed by atoms with Crippen LogP contribution in [0.2, 0.25) is 0 Å². The summed E-state index contributed by atoms with van der Waals surface area (Å²) in [4.78, 5) is 30.6. The number of amides is 2. The lowest BCUT2D eigenvalue weighted by atomic mass is 10.0. The van der Waals surface area contributed by atoms with Crippen molar-refractivity contribution in [2.75, 3.05) is 12.0 Å². The lowest BCUT2D eigenvalue weighted by Gasteiger charge is -2.32. The number of nitrogens with one attached hydrogen (secondary N) is 1. The normalized spacial score (nSPS) is 18.6. The predicted molar refractivity (Wildman–Crippen MR) is 95.1 cm³/mol. The predicted octanol–water partition coefficient (Wildman–Crippen LogP) is 2.20. The van der Waals surface area contributed by atoms with E-state index in [0.717, 1.165) is 6.42 Å². The van der Waals surface area contributed by atoms with Crippen LogP contribution in [-0.2, 0) is 9.59 Å². The van der Waals surface area contributed by atoms with Crippen molar-refractivity contribution in [2.45, 2.75) is 38.3 Å². The molecule has 0 fully saturated rings. The second-order valence-corrected chi connectivity index (χ2v) is 6.68. The van der Waals surface area contributed by atoms with Gasteiger partial charge in [-0.25, -0.2) is 5.48 Å². The highest BCUT2D eigenvalue weighted by molar-refractivity contribution is 7.98. The van der Waals surface area contributed by atoms with E-state index in [1.54, 1.807) is 29.9 Å². The van der Waals surface area contributed by atoms with Crippen molar-refractivity contribution in [3.05, 3.63) is 41.4 Å². The number of hydrogen-bond acceptors (Lipinski definition) is 6. The lowest BCUT2D eigenvalue weighted by Crippen LogP contribution is -2.48. The standard InChI is InChI=1S/C17H23N3O4S/c1-3-4-8-13(16(22)19-24)20-14(12-7-5-6-9-18-12)11(10-25-2)15(21)17(20)23/h5-7,9,13-14,21,24H,3-4,8,10H2,1-2H3,(H,19,22). The lowest BCUT2D eigenvalue weighted by molar-refractivity contribution is -0.144. The average Bonchev–Trinajstić information content (AvgIpc) is 2.88. The van der Waals surface area contributed by atoms with Crippen LogP contribution < -0.4 is 5.48 Å². The second-order valence-electron chi connectivity index (χ2n) is 5.81. The summed E-state index contributed by atoms with van der Waals surface area (Å²) in [7, 11) is 0. The molecular weight excluding hydrogens is 342 g/mol. The van der Waals surface area contributed by atoms with Crippen molar-refractivity contribution in [3.8, 4) is 0 Å². The summed E-state index contributed by atoms with van der Waals surface area (Å²) in [6.45, 7) is 1.98. The van der Waals surface area contributed by atoms with Gasteiger partial charge in [-0.05, 0) is 24.8 Å². The first-order chi connectivity index (χ1) is 12.1. The zero-order valence-electron chi connectivity index (χ0n) is 14.3. The number of unbranched alkanes of at least 4 members (excludes halogenated alkanes) is 1. The van der Waals surface area contributed by atoms with Crippen LogP contribution in [-0.4, -0.2) is 50.1 Å². The van der Waals surface area contributed by atoms with Gasteiger partial charge in [0.2, 0.25) is 0 Å². The zero-order valence-corrected chi connectivity index (χ0v) is 15.1. The molecule has 2 amide bonds. The van der Waals surface area contributed by atoms with Crippen LogP contribution in [0.4, 0.5) is 0 Å². The molecule has 0 spiro atoms. The molecule has 1 aliphatic heterocycles. The maximum Gasteiger partial charge on any atom is 0.290 e. The molecule has 0 saturated carbocycles. The van der Waals surface area contributed by atoms with E-state index >= 15 is 0 Å². The summed E-state index contributed by atoms with van der Waals surface area (Å²) < 4.78 is 0. The van der Waals surface area contributed by atoms with Crippen molar-refractivity contribution in [2.24, 2.45) is 0 Å². The van der Waals surface area contributed by atoms with Crippen molar-refractivity contribution < 1.29 is 19.9 Å². The van der Waals surface area contributed by atoms with E-state index in [-0.39, 0.29) is 5.76 Å². The van der Waals surface area contributed by atoms with Crippen molar-refractivity contribution in [1.82, 2.24) is 15.4 Å². The highest BCUT2D eigenvalue weighted by Gasteiger charge is 2.46. The molecule has 8 heteroatoms. The molecule has 2 atom stereocenters. The fourth-order valence-corrected chi connectivity index (χ4v) is 3.63. The van der Waals surface area contributed by atoms with Crippen molar-refractivity contribution in [1.29, 1.82) is 0 Å². The SMILES string of the molecule is CCCCC(C(=O)NO)N1C(=O)C(O)=C(CSC)C1c1ccccn1. The molecule has 136 valence electrons. The van der Waals surface area contributed by atoms with Gasteiger partial charge in [0.05, 0.1) is 5.69 Å². The van der Waals surface area contributed by atoms with Gasteiger partial charge in [0.25, 0.3) is 11.8 Å². The molecular formula is C17H23N3O4S. The third kappa shape index (κ3) is 3.96. The molecule has 25 heavy (non-hydrogen) atoms. The van der Waals surface area contributed by atoms with Gasteiger partial charge in [-0.3, -0.25) is 19.8 Å². The maximum absolute atomic E-state index is 12.7. The number of aromatic nitrogens is 1. The Hall–Kier alpha value is -2.06. The van der Waals surface area contributed by atoms with E-state index in [2.05, 4.69) is 4.98 Å². The number of rotatable bonds is 8. The quantitative estimate of drug-likeness (QED) is 0.482. The second kappa shape index (κ2) is 8.87. The molecule has 1 aliphatic rings. The van der Waals surface area contributed by atoms with Gasteiger partial charge in [-0.2, -0.15) is 11.8 Å². The summed E-state index contributed by atoms with van der Waals surface area (Å²) >= 11 is 1.47. The molecule has 1 aromatic heterocycles. The van der Waals surface area contributed by atoms with Gasteiger partial charge in [-0.15, -0.1) is 0 Å². The highest BCUT2D eigenvalue weighted by atomic mass is 32.2. The minimum atomic E-state index is -0.883. The number of hydrogen-bond donors (Lipinski definition) is 3. The minimum absolute atomic E-state index is 0.336. The topological polar surface area (TPSA) is 103 Å². The Kier molecular flexibility index (Phi) is 6.83. The first-order valence-corrected chi connectivity index (χ1v) is 9.54. The first kappa shape index (κ1) is 19.3. The van der Waals surface area contributed by atoms with Crippen LogP contribution in [0, 0.1) is 0 Å². The van der Waals surface area contributed by atoms with Gasteiger partial charge in [-0.1, -0.05) is 25.8 Å².